The molecule has 7 nitrogen and oxygen atoms in total. The molecule has 1 aliphatic heterocycles. The van der Waals surface area contributed by atoms with Crippen LogP contribution < -0.4 is 4.90 Å². The van der Waals surface area contributed by atoms with Crippen molar-refractivity contribution in [2.24, 2.45) is 0 Å². The first-order valence-corrected chi connectivity index (χ1v) is 8.20. The van der Waals surface area contributed by atoms with Crippen molar-refractivity contribution < 1.29 is 9.21 Å². The summed E-state index contributed by atoms with van der Waals surface area (Å²) in [6, 6.07) is 0. The van der Waals surface area contributed by atoms with Gasteiger partial charge in [0.15, 0.2) is 5.89 Å². The fraction of sp³-hybridized carbons (Fsp3) is 0.529. The molecular weight excluding hydrogens is 306 g/mol. The Labute approximate surface area is 141 Å². The van der Waals surface area contributed by atoms with Gasteiger partial charge in [0.2, 0.25) is 5.76 Å². The lowest BCUT2D eigenvalue weighted by Crippen LogP contribution is -2.37. The Hall–Kier alpha value is -2.44. The molecule has 0 unspecified atom stereocenters. The van der Waals surface area contributed by atoms with Gasteiger partial charge in [0.05, 0.1) is 17.9 Å². The highest BCUT2D eigenvalue weighted by Gasteiger charge is 2.29. The minimum absolute atomic E-state index is 0.118. The van der Waals surface area contributed by atoms with E-state index in [0.29, 0.717) is 36.9 Å². The van der Waals surface area contributed by atoms with Gasteiger partial charge in [-0.15, -0.1) is 0 Å². The van der Waals surface area contributed by atoms with Crippen molar-refractivity contribution in [3.63, 3.8) is 0 Å². The number of fused-ring (bicyclic) bond motifs is 1. The third kappa shape index (κ3) is 2.86. The zero-order valence-corrected chi connectivity index (χ0v) is 14.9. The van der Waals surface area contributed by atoms with Crippen LogP contribution in [0.4, 0.5) is 5.82 Å². The average Bonchev–Trinajstić information content (AvgIpc) is 2.93. The topological polar surface area (TPSA) is 75.4 Å². The number of hydrogen-bond acceptors (Lipinski definition) is 6. The Bertz CT molecular complexity index is 782. The smallest absolute Gasteiger partial charge is 0.291 e. The van der Waals surface area contributed by atoms with Gasteiger partial charge in [0.25, 0.3) is 5.91 Å². The molecule has 0 saturated heterocycles. The summed E-state index contributed by atoms with van der Waals surface area (Å²) >= 11 is 0. The second-order valence-electron chi connectivity index (χ2n) is 6.27. The van der Waals surface area contributed by atoms with Gasteiger partial charge in [0.1, 0.15) is 11.6 Å². The maximum absolute atomic E-state index is 12.8. The van der Waals surface area contributed by atoms with Crippen LogP contribution in [-0.2, 0) is 19.4 Å². The van der Waals surface area contributed by atoms with Gasteiger partial charge in [0, 0.05) is 32.6 Å². The predicted molar refractivity (Wildman–Crippen MR) is 90.2 cm³/mol. The van der Waals surface area contributed by atoms with E-state index >= 15 is 0 Å². The summed E-state index contributed by atoms with van der Waals surface area (Å²) in [5.74, 6) is 2.48. The van der Waals surface area contributed by atoms with Crippen molar-refractivity contribution in [2.45, 2.75) is 40.2 Å². The summed E-state index contributed by atoms with van der Waals surface area (Å²) in [5.41, 5.74) is 2.69. The maximum atomic E-state index is 12.8. The van der Waals surface area contributed by atoms with Crippen molar-refractivity contribution >= 4 is 11.7 Å². The van der Waals surface area contributed by atoms with Crippen LogP contribution in [-0.4, -0.2) is 46.4 Å². The van der Waals surface area contributed by atoms with Crippen LogP contribution in [0.25, 0.3) is 0 Å². The van der Waals surface area contributed by atoms with Crippen LogP contribution in [0.2, 0.25) is 0 Å². The van der Waals surface area contributed by atoms with Crippen molar-refractivity contribution in [1.82, 2.24) is 19.9 Å². The molecule has 2 aromatic heterocycles. The van der Waals surface area contributed by atoms with Gasteiger partial charge in [-0.25, -0.2) is 15.0 Å². The Balaban J connectivity index is 1.89. The quantitative estimate of drug-likeness (QED) is 0.856. The van der Waals surface area contributed by atoms with Gasteiger partial charge >= 0.3 is 0 Å². The van der Waals surface area contributed by atoms with E-state index in [4.69, 9.17) is 4.42 Å². The summed E-state index contributed by atoms with van der Waals surface area (Å²) in [4.78, 5) is 29.9. The fourth-order valence-electron chi connectivity index (χ4n) is 3.02. The van der Waals surface area contributed by atoms with Crippen LogP contribution in [0.5, 0.6) is 0 Å². The van der Waals surface area contributed by atoms with Crippen molar-refractivity contribution in [3.8, 4) is 0 Å². The summed E-state index contributed by atoms with van der Waals surface area (Å²) in [5, 5.41) is 0. The van der Waals surface area contributed by atoms with E-state index in [1.54, 1.807) is 4.90 Å². The average molecular weight is 329 g/mol. The van der Waals surface area contributed by atoms with Gasteiger partial charge in [-0.2, -0.15) is 0 Å². The number of carbonyl (C=O) groups is 1. The van der Waals surface area contributed by atoms with E-state index in [0.717, 1.165) is 29.3 Å². The van der Waals surface area contributed by atoms with E-state index in [9.17, 15) is 4.79 Å². The normalized spacial score (nSPS) is 13.8. The van der Waals surface area contributed by atoms with Crippen LogP contribution in [0.1, 0.15) is 46.1 Å². The lowest BCUT2D eigenvalue weighted by atomic mass is 10.0. The molecule has 0 saturated carbocycles. The van der Waals surface area contributed by atoms with Gasteiger partial charge in [-0.1, -0.05) is 6.92 Å². The first kappa shape index (κ1) is 16.4. The van der Waals surface area contributed by atoms with E-state index in [2.05, 4.69) is 15.0 Å². The second-order valence-corrected chi connectivity index (χ2v) is 6.27. The zero-order chi connectivity index (χ0) is 17.4. The molecule has 24 heavy (non-hydrogen) atoms. The highest BCUT2D eigenvalue weighted by molar-refractivity contribution is 5.92. The monoisotopic (exact) mass is 329 g/mol. The minimum Gasteiger partial charge on any atom is -0.435 e. The lowest BCUT2D eigenvalue weighted by molar-refractivity contribution is 0.0696. The standard InChI is InChI=1S/C17H23N5O2/c1-6-14-18-10(2)15(24-14)17(23)22-8-7-12-13(9-22)19-11(3)20-16(12)21(4)5/h6-9H2,1-5H3. The van der Waals surface area contributed by atoms with Crippen LogP contribution in [0, 0.1) is 13.8 Å². The third-order valence-electron chi connectivity index (χ3n) is 4.20. The summed E-state index contributed by atoms with van der Waals surface area (Å²) < 4.78 is 5.61. The van der Waals surface area contributed by atoms with Gasteiger partial charge < -0.3 is 14.2 Å². The summed E-state index contributed by atoms with van der Waals surface area (Å²) in [6.07, 6.45) is 1.41. The van der Waals surface area contributed by atoms with Crippen LogP contribution in [0.15, 0.2) is 4.42 Å². The lowest BCUT2D eigenvalue weighted by Gasteiger charge is -2.30. The third-order valence-corrected chi connectivity index (χ3v) is 4.20. The first-order valence-electron chi connectivity index (χ1n) is 8.20. The largest absolute Gasteiger partial charge is 0.435 e. The number of aromatic nitrogens is 3. The molecule has 1 amide bonds. The molecular formula is C17H23N5O2. The van der Waals surface area contributed by atoms with Gasteiger partial charge in [-0.05, 0) is 20.3 Å². The molecule has 0 atom stereocenters. The molecule has 0 aliphatic carbocycles. The molecule has 0 spiro atoms. The van der Waals surface area contributed by atoms with Gasteiger partial charge in [-0.3, -0.25) is 4.79 Å². The minimum atomic E-state index is -0.118. The fourth-order valence-corrected chi connectivity index (χ4v) is 3.02. The Kier molecular flexibility index (Phi) is 4.26. The molecule has 0 fully saturated rings. The summed E-state index contributed by atoms with van der Waals surface area (Å²) in [6.45, 7) is 6.74. The maximum Gasteiger partial charge on any atom is 0.291 e. The van der Waals surface area contributed by atoms with E-state index in [1.807, 2.05) is 39.8 Å². The van der Waals surface area contributed by atoms with Crippen molar-refractivity contribution in [3.05, 3.63) is 34.4 Å². The Morgan fingerprint density at radius 3 is 2.62 bits per heavy atom. The van der Waals surface area contributed by atoms with E-state index in [1.165, 1.54) is 0 Å². The molecule has 128 valence electrons. The Morgan fingerprint density at radius 2 is 2.00 bits per heavy atom. The highest BCUT2D eigenvalue weighted by Crippen LogP contribution is 2.26. The zero-order valence-electron chi connectivity index (χ0n) is 14.9. The molecule has 3 rings (SSSR count). The van der Waals surface area contributed by atoms with Crippen molar-refractivity contribution in [2.75, 3.05) is 25.5 Å². The molecule has 0 aromatic carbocycles. The summed E-state index contributed by atoms with van der Waals surface area (Å²) in [7, 11) is 3.95. The molecule has 0 bridgehead atoms. The highest BCUT2D eigenvalue weighted by atomic mass is 16.4. The van der Waals surface area contributed by atoms with Crippen LogP contribution in [0.3, 0.4) is 0 Å². The number of anilines is 1. The molecule has 3 heterocycles. The number of amides is 1. The molecule has 0 radical (unpaired) electrons. The second kappa shape index (κ2) is 6.22. The number of oxazole rings is 1. The number of rotatable bonds is 3. The van der Waals surface area contributed by atoms with E-state index < -0.39 is 0 Å². The molecule has 7 heteroatoms. The molecule has 1 aliphatic rings. The van der Waals surface area contributed by atoms with Crippen LogP contribution >= 0.6 is 0 Å². The molecule has 0 N–H and O–H groups in total. The SMILES string of the molecule is CCc1nc(C)c(C(=O)N2CCc3c(nc(C)nc3N(C)C)C2)o1. The number of nitrogens with zero attached hydrogens (tertiary/aromatic N) is 5. The number of hydrogen-bond donors (Lipinski definition) is 0. The Morgan fingerprint density at radius 1 is 1.25 bits per heavy atom. The van der Waals surface area contributed by atoms with Crippen molar-refractivity contribution in [1.29, 1.82) is 0 Å². The number of aryl methyl sites for hydroxylation is 3. The first-order chi connectivity index (χ1) is 11.4. The van der Waals surface area contributed by atoms with E-state index in [-0.39, 0.29) is 5.91 Å². The molecule has 2 aromatic rings. The predicted octanol–water partition coefficient (Wildman–Crippen LogP) is 1.91. The number of carbonyl (C=O) groups excluding carboxylic acids is 1.